The molecule has 4 aliphatic carbocycles. The predicted molar refractivity (Wildman–Crippen MR) is 153 cm³/mol. The number of H-pyrrole nitrogens is 1. The fourth-order valence-corrected chi connectivity index (χ4v) is 10.6. The van der Waals surface area contributed by atoms with Gasteiger partial charge in [0.25, 0.3) is 0 Å². The van der Waals surface area contributed by atoms with Gasteiger partial charge in [-0.1, -0.05) is 69.8 Å². The average Bonchev–Trinajstić information content (AvgIpc) is 3.34. The van der Waals surface area contributed by atoms with Crippen LogP contribution in [0.5, 0.6) is 0 Å². The lowest BCUT2D eigenvalue weighted by Gasteiger charge is -2.60. The Morgan fingerprint density at radius 3 is 2.58 bits per heavy atom. The van der Waals surface area contributed by atoms with Crippen LogP contribution >= 0.6 is 15.9 Å². The normalized spacial score (nSPS) is 38.5. The van der Waals surface area contributed by atoms with E-state index in [1.165, 1.54) is 67.1 Å². The Labute approximate surface area is 226 Å². The highest BCUT2D eigenvalue weighted by Crippen LogP contribution is 2.67. The zero-order valence-corrected chi connectivity index (χ0v) is 24.7. The second-order valence-corrected chi connectivity index (χ2v) is 15.2. The number of fused-ring (bicyclic) bond motifs is 8. The maximum atomic E-state index is 13.9. The van der Waals surface area contributed by atoms with Gasteiger partial charge in [-0.15, -0.1) is 0 Å². The van der Waals surface area contributed by atoms with Crippen molar-refractivity contribution in [1.29, 1.82) is 0 Å². The molecule has 1 heterocycles. The standard InChI is InChI=1S/C33H46BrNO/c1-19(2)7-6-8-20(3)25-10-11-26-23-16-31(36)28-17-30-24(22-15-21(34)9-12-29(22)35-30)18-33(28,5)27(23)13-14-32(25,26)4/h9,12,15,19-20,23,25-28,35H,6-8,10-11,13-14,16-18H2,1-5H3. The highest BCUT2D eigenvalue weighted by Gasteiger charge is 2.62. The maximum Gasteiger partial charge on any atom is 0.137 e. The molecular weight excluding hydrogens is 506 g/mol. The van der Waals surface area contributed by atoms with E-state index in [9.17, 15) is 4.79 Å². The third-order valence-electron chi connectivity index (χ3n) is 12.0. The van der Waals surface area contributed by atoms with E-state index >= 15 is 0 Å². The molecule has 0 spiro atoms. The highest BCUT2D eigenvalue weighted by molar-refractivity contribution is 9.10. The van der Waals surface area contributed by atoms with Crippen LogP contribution in [0.1, 0.15) is 97.2 Å². The molecule has 3 saturated carbocycles. The number of nitrogens with one attached hydrogen (secondary N) is 1. The van der Waals surface area contributed by atoms with Crippen LogP contribution in [0.3, 0.4) is 0 Å². The van der Waals surface area contributed by atoms with Gasteiger partial charge in [-0.25, -0.2) is 0 Å². The van der Waals surface area contributed by atoms with Crippen molar-refractivity contribution in [3.63, 3.8) is 0 Å². The van der Waals surface area contributed by atoms with Gasteiger partial charge < -0.3 is 4.98 Å². The summed E-state index contributed by atoms with van der Waals surface area (Å²) in [6.45, 7) is 12.4. The Morgan fingerprint density at radius 1 is 1.03 bits per heavy atom. The molecule has 36 heavy (non-hydrogen) atoms. The van der Waals surface area contributed by atoms with Gasteiger partial charge in [-0.2, -0.15) is 0 Å². The van der Waals surface area contributed by atoms with Crippen LogP contribution in [0, 0.1) is 52.3 Å². The number of hydrogen-bond acceptors (Lipinski definition) is 1. The summed E-state index contributed by atoms with van der Waals surface area (Å²) in [7, 11) is 0. The molecular formula is C33H46BrNO. The Hall–Kier alpha value is -1.09. The topological polar surface area (TPSA) is 32.9 Å². The minimum atomic E-state index is 0.104. The summed E-state index contributed by atoms with van der Waals surface area (Å²) in [6, 6.07) is 6.61. The SMILES string of the molecule is CC(C)CCCC(C)C1CCC2C3CC(=O)C4Cc5[nH]c6ccc(Br)cc6c5CC4(C)C3CCC12C. The molecule has 4 aliphatic rings. The quantitative estimate of drug-likeness (QED) is 0.394. The van der Waals surface area contributed by atoms with E-state index in [1.807, 2.05) is 0 Å². The maximum absolute atomic E-state index is 13.9. The average molecular weight is 553 g/mol. The number of Topliss-reactive ketones (excluding diaryl/α,β-unsaturated/α-hetero) is 1. The smallest absolute Gasteiger partial charge is 0.137 e. The van der Waals surface area contributed by atoms with E-state index in [0.29, 0.717) is 23.0 Å². The molecule has 8 atom stereocenters. The number of carbonyl (C=O) groups excluding carboxylic acids is 1. The van der Waals surface area contributed by atoms with E-state index in [2.05, 4.69) is 73.7 Å². The third-order valence-corrected chi connectivity index (χ3v) is 12.5. The van der Waals surface area contributed by atoms with Gasteiger partial charge in [0.1, 0.15) is 5.78 Å². The summed E-state index contributed by atoms with van der Waals surface area (Å²) < 4.78 is 1.15. The molecule has 0 bridgehead atoms. The van der Waals surface area contributed by atoms with Crippen molar-refractivity contribution in [3.05, 3.63) is 33.9 Å². The Balaban J connectivity index is 1.28. The monoisotopic (exact) mass is 551 g/mol. The molecule has 0 aliphatic heterocycles. The van der Waals surface area contributed by atoms with Gasteiger partial charge in [-0.3, -0.25) is 4.79 Å². The fourth-order valence-electron chi connectivity index (χ4n) is 10.3. The molecule has 1 aromatic carbocycles. The number of halogens is 1. The summed E-state index contributed by atoms with van der Waals surface area (Å²) in [4.78, 5) is 17.6. The van der Waals surface area contributed by atoms with Crippen molar-refractivity contribution >= 4 is 32.6 Å². The zero-order chi connectivity index (χ0) is 25.4. The van der Waals surface area contributed by atoms with Crippen LogP contribution in [0.15, 0.2) is 22.7 Å². The minimum absolute atomic E-state index is 0.104. The third kappa shape index (κ3) is 3.80. The van der Waals surface area contributed by atoms with Crippen LogP contribution in [0.2, 0.25) is 0 Å². The number of ketones is 1. The molecule has 1 N–H and O–H groups in total. The van der Waals surface area contributed by atoms with E-state index in [1.54, 1.807) is 0 Å². The lowest BCUT2D eigenvalue weighted by atomic mass is 9.44. The van der Waals surface area contributed by atoms with Gasteiger partial charge in [0.05, 0.1) is 0 Å². The van der Waals surface area contributed by atoms with Crippen molar-refractivity contribution in [2.75, 3.05) is 0 Å². The predicted octanol–water partition coefficient (Wildman–Crippen LogP) is 9.15. The lowest BCUT2D eigenvalue weighted by molar-refractivity contribution is -0.150. The summed E-state index contributed by atoms with van der Waals surface area (Å²) in [5, 5.41) is 1.37. The zero-order valence-electron chi connectivity index (χ0n) is 23.1. The Kier molecular flexibility index (Phi) is 6.29. The number of benzene rings is 1. The van der Waals surface area contributed by atoms with Gasteiger partial charge >= 0.3 is 0 Å². The summed E-state index contributed by atoms with van der Waals surface area (Å²) in [5.41, 5.74) is 4.60. The number of carbonyl (C=O) groups is 1. The van der Waals surface area contributed by atoms with Crippen LogP contribution < -0.4 is 0 Å². The molecule has 0 saturated heterocycles. The van der Waals surface area contributed by atoms with Gasteiger partial charge in [0, 0.05) is 33.4 Å². The highest BCUT2D eigenvalue weighted by atomic mass is 79.9. The van der Waals surface area contributed by atoms with Gasteiger partial charge in [0.15, 0.2) is 0 Å². The molecule has 0 amide bonds. The van der Waals surface area contributed by atoms with Crippen LogP contribution in [0.25, 0.3) is 10.9 Å². The largest absolute Gasteiger partial charge is 0.358 e. The molecule has 3 heteroatoms. The summed E-state index contributed by atoms with van der Waals surface area (Å²) in [5.74, 6) is 5.29. The molecule has 8 unspecified atom stereocenters. The molecule has 2 nitrogen and oxygen atoms in total. The molecule has 3 fully saturated rings. The number of hydrogen-bond donors (Lipinski definition) is 1. The molecule has 2 aromatic rings. The van der Waals surface area contributed by atoms with Crippen LogP contribution in [-0.2, 0) is 17.6 Å². The first-order valence-electron chi connectivity index (χ1n) is 14.9. The van der Waals surface area contributed by atoms with Crippen molar-refractivity contribution in [2.24, 2.45) is 52.3 Å². The molecule has 1 aromatic heterocycles. The van der Waals surface area contributed by atoms with Crippen molar-refractivity contribution in [1.82, 2.24) is 4.98 Å². The Bertz CT molecular complexity index is 1160. The number of aromatic nitrogens is 1. The molecule has 196 valence electrons. The van der Waals surface area contributed by atoms with Crippen LogP contribution in [-0.4, -0.2) is 10.8 Å². The second kappa shape index (κ2) is 8.99. The first-order chi connectivity index (χ1) is 17.1. The first kappa shape index (κ1) is 25.2. The van der Waals surface area contributed by atoms with Gasteiger partial charge in [-0.05, 0) is 109 Å². The number of aromatic amines is 1. The van der Waals surface area contributed by atoms with E-state index < -0.39 is 0 Å². The van der Waals surface area contributed by atoms with E-state index in [4.69, 9.17) is 0 Å². The second-order valence-electron chi connectivity index (χ2n) is 14.3. The number of rotatable bonds is 5. The van der Waals surface area contributed by atoms with Crippen LogP contribution in [0.4, 0.5) is 0 Å². The fraction of sp³-hybridized carbons (Fsp3) is 0.727. The summed E-state index contributed by atoms with van der Waals surface area (Å²) in [6.07, 6.45) is 12.4. The Morgan fingerprint density at radius 2 is 1.81 bits per heavy atom. The van der Waals surface area contributed by atoms with Crippen molar-refractivity contribution in [2.45, 2.75) is 98.8 Å². The van der Waals surface area contributed by atoms with Crippen molar-refractivity contribution < 1.29 is 4.79 Å². The first-order valence-corrected chi connectivity index (χ1v) is 15.7. The lowest BCUT2D eigenvalue weighted by Crippen LogP contribution is -2.57. The molecule has 0 radical (unpaired) electrons. The van der Waals surface area contributed by atoms with E-state index in [0.717, 1.165) is 47.4 Å². The van der Waals surface area contributed by atoms with E-state index in [-0.39, 0.29) is 11.3 Å². The summed E-state index contributed by atoms with van der Waals surface area (Å²) >= 11 is 3.70. The van der Waals surface area contributed by atoms with Gasteiger partial charge in [0.2, 0.25) is 0 Å². The van der Waals surface area contributed by atoms with Crippen molar-refractivity contribution in [3.8, 4) is 0 Å². The molecule has 6 rings (SSSR count). The minimum Gasteiger partial charge on any atom is -0.358 e.